The van der Waals surface area contributed by atoms with Gasteiger partial charge in [-0.2, -0.15) is 0 Å². The molecule has 0 aliphatic carbocycles. The molecule has 1 unspecified atom stereocenters. The zero-order valence-electron chi connectivity index (χ0n) is 13.1. The summed E-state index contributed by atoms with van der Waals surface area (Å²) in [4.78, 5) is 25.7. The maximum absolute atomic E-state index is 11.9. The van der Waals surface area contributed by atoms with Gasteiger partial charge in [-0.05, 0) is 12.8 Å². The Hall–Kier alpha value is -1.06. The molecule has 1 fully saturated rings. The highest BCUT2D eigenvalue weighted by molar-refractivity contribution is 5.89. The van der Waals surface area contributed by atoms with Gasteiger partial charge in [0.05, 0.1) is 5.92 Å². The molecule has 0 radical (unpaired) electrons. The number of nitrogens with one attached hydrogen (secondary N) is 1. The second-order valence-corrected chi connectivity index (χ2v) is 5.80. The fourth-order valence-electron chi connectivity index (χ4n) is 2.60. The molecular weight excluding hydrogens is 252 g/mol. The van der Waals surface area contributed by atoms with E-state index in [1.807, 2.05) is 4.90 Å². The number of hydrogen-bond acceptors (Lipinski definition) is 2. The average molecular weight is 282 g/mol. The van der Waals surface area contributed by atoms with Crippen LogP contribution in [0.25, 0.3) is 0 Å². The molecule has 1 atom stereocenters. The monoisotopic (exact) mass is 282 g/mol. The van der Waals surface area contributed by atoms with E-state index in [9.17, 15) is 9.59 Å². The van der Waals surface area contributed by atoms with Crippen molar-refractivity contribution < 1.29 is 9.59 Å². The number of nitrogens with zero attached hydrogens (tertiary/aromatic N) is 1. The smallest absolute Gasteiger partial charge is 0.225 e. The van der Waals surface area contributed by atoms with Crippen LogP contribution in [0.15, 0.2) is 0 Å². The molecule has 2 amide bonds. The normalized spacial score (nSPS) is 18.6. The Morgan fingerprint density at radius 3 is 2.55 bits per heavy atom. The van der Waals surface area contributed by atoms with Crippen LogP contribution in [0.5, 0.6) is 0 Å². The summed E-state index contributed by atoms with van der Waals surface area (Å²) in [5.74, 6) is 0.0754. The highest BCUT2D eigenvalue weighted by Crippen LogP contribution is 2.18. The van der Waals surface area contributed by atoms with Gasteiger partial charge in [-0.15, -0.1) is 0 Å². The highest BCUT2D eigenvalue weighted by Gasteiger charge is 2.33. The first-order chi connectivity index (χ1) is 9.69. The van der Waals surface area contributed by atoms with Crippen molar-refractivity contribution in [2.24, 2.45) is 5.92 Å². The van der Waals surface area contributed by atoms with E-state index < -0.39 is 0 Å². The molecule has 1 N–H and O–H groups in total. The summed E-state index contributed by atoms with van der Waals surface area (Å²) in [6.45, 7) is 6.47. The Bertz CT molecular complexity index is 305. The molecule has 20 heavy (non-hydrogen) atoms. The van der Waals surface area contributed by atoms with Crippen LogP contribution in [-0.2, 0) is 9.59 Å². The molecule has 0 aromatic heterocycles. The van der Waals surface area contributed by atoms with E-state index in [4.69, 9.17) is 0 Å². The van der Waals surface area contributed by atoms with Crippen LogP contribution in [0, 0.1) is 5.92 Å². The fraction of sp³-hybridized carbons (Fsp3) is 0.875. The van der Waals surface area contributed by atoms with Gasteiger partial charge in [0, 0.05) is 26.1 Å². The molecule has 0 saturated carbocycles. The quantitative estimate of drug-likeness (QED) is 0.626. The summed E-state index contributed by atoms with van der Waals surface area (Å²) in [5.41, 5.74) is 0. The van der Waals surface area contributed by atoms with E-state index in [1.165, 1.54) is 25.7 Å². The lowest BCUT2D eigenvalue weighted by molar-refractivity contribution is -0.129. The zero-order valence-corrected chi connectivity index (χ0v) is 13.1. The molecule has 4 heteroatoms. The third-order valence-electron chi connectivity index (χ3n) is 3.95. The standard InChI is InChI=1S/C16H30N2O2/c1-3-5-7-8-9-11-18-13-14(12-15(18)19)16(20)17-10-6-4-2/h14H,3-13H2,1-2H3,(H,17,20). The molecule has 1 aliphatic heterocycles. The maximum Gasteiger partial charge on any atom is 0.225 e. The van der Waals surface area contributed by atoms with Crippen molar-refractivity contribution in [1.29, 1.82) is 0 Å². The van der Waals surface area contributed by atoms with E-state index in [0.717, 1.165) is 32.4 Å². The van der Waals surface area contributed by atoms with Crippen LogP contribution < -0.4 is 5.32 Å². The maximum atomic E-state index is 11.9. The van der Waals surface area contributed by atoms with Crippen molar-refractivity contribution in [2.45, 2.75) is 65.2 Å². The van der Waals surface area contributed by atoms with Crippen molar-refractivity contribution in [3.05, 3.63) is 0 Å². The first kappa shape index (κ1) is 17.0. The number of likely N-dealkylation sites (tertiary alicyclic amines) is 1. The molecule has 0 bridgehead atoms. The van der Waals surface area contributed by atoms with E-state index >= 15 is 0 Å². The van der Waals surface area contributed by atoms with Crippen LogP contribution in [0.3, 0.4) is 0 Å². The van der Waals surface area contributed by atoms with Gasteiger partial charge in [0.15, 0.2) is 0 Å². The lowest BCUT2D eigenvalue weighted by Crippen LogP contribution is -2.33. The van der Waals surface area contributed by atoms with Gasteiger partial charge in [0.25, 0.3) is 0 Å². The topological polar surface area (TPSA) is 49.4 Å². The summed E-state index contributed by atoms with van der Waals surface area (Å²) in [6.07, 6.45) is 8.49. The fourth-order valence-corrected chi connectivity index (χ4v) is 2.60. The second-order valence-electron chi connectivity index (χ2n) is 5.80. The first-order valence-electron chi connectivity index (χ1n) is 8.24. The molecule has 1 aliphatic rings. The van der Waals surface area contributed by atoms with Gasteiger partial charge >= 0.3 is 0 Å². The Morgan fingerprint density at radius 1 is 1.15 bits per heavy atom. The second kappa shape index (κ2) is 9.78. The lowest BCUT2D eigenvalue weighted by atomic mass is 10.1. The van der Waals surface area contributed by atoms with Gasteiger partial charge < -0.3 is 10.2 Å². The molecule has 0 aromatic carbocycles. The Balaban J connectivity index is 2.21. The predicted octanol–water partition coefficient (Wildman–Crippen LogP) is 2.72. The lowest BCUT2D eigenvalue weighted by Gasteiger charge is -2.16. The summed E-state index contributed by atoms with van der Waals surface area (Å²) in [5, 5.41) is 2.93. The predicted molar refractivity (Wildman–Crippen MR) is 81.4 cm³/mol. The number of rotatable bonds is 10. The third-order valence-corrected chi connectivity index (χ3v) is 3.95. The number of carbonyl (C=O) groups is 2. The van der Waals surface area contributed by atoms with E-state index in [-0.39, 0.29) is 17.7 Å². The largest absolute Gasteiger partial charge is 0.356 e. The SMILES string of the molecule is CCCCCCCN1CC(C(=O)NCCCC)CC1=O. The van der Waals surface area contributed by atoms with Crippen molar-refractivity contribution in [1.82, 2.24) is 10.2 Å². The molecule has 0 aromatic rings. The van der Waals surface area contributed by atoms with Gasteiger partial charge in [0.2, 0.25) is 11.8 Å². The summed E-state index contributed by atoms with van der Waals surface area (Å²) < 4.78 is 0. The third kappa shape index (κ3) is 5.93. The van der Waals surface area contributed by atoms with Crippen molar-refractivity contribution >= 4 is 11.8 Å². The number of carbonyl (C=O) groups excluding carboxylic acids is 2. The van der Waals surface area contributed by atoms with Crippen molar-refractivity contribution in [3.63, 3.8) is 0 Å². The van der Waals surface area contributed by atoms with Crippen LogP contribution in [0.1, 0.15) is 65.2 Å². The Labute approximate surface area is 123 Å². The first-order valence-corrected chi connectivity index (χ1v) is 8.24. The van der Waals surface area contributed by atoms with E-state index in [2.05, 4.69) is 19.2 Å². The molecule has 1 heterocycles. The number of unbranched alkanes of at least 4 members (excludes halogenated alkanes) is 5. The molecule has 0 spiro atoms. The van der Waals surface area contributed by atoms with Crippen LogP contribution in [0.2, 0.25) is 0 Å². The molecule has 1 rings (SSSR count). The van der Waals surface area contributed by atoms with Gasteiger partial charge in [-0.3, -0.25) is 9.59 Å². The summed E-state index contributed by atoms with van der Waals surface area (Å²) >= 11 is 0. The van der Waals surface area contributed by atoms with E-state index in [1.54, 1.807) is 0 Å². The van der Waals surface area contributed by atoms with E-state index in [0.29, 0.717) is 13.0 Å². The van der Waals surface area contributed by atoms with Crippen LogP contribution >= 0.6 is 0 Å². The van der Waals surface area contributed by atoms with Crippen LogP contribution in [0.4, 0.5) is 0 Å². The minimum Gasteiger partial charge on any atom is -0.356 e. The molecule has 1 saturated heterocycles. The number of amides is 2. The van der Waals surface area contributed by atoms with Crippen molar-refractivity contribution in [3.8, 4) is 0 Å². The Morgan fingerprint density at radius 2 is 1.85 bits per heavy atom. The van der Waals surface area contributed by atoms with Crippen molar-refractivity contribution in [2.75, 3.05) is 19.6 Å². The molecular formula is C16H30N2O2. The van der Waals surface area contributed by atoms with Gasteiger partial charge in [0.1, 0.15) is 0 Å². The van der Waals surface area contributed by atoms with Gasteiger partial charge in [-0.25, -0.2) is 0 Å². The minimum atomic E-state index is -0.130. The minimum absolute atomic E-state index is 0.0558. The Kier molecular flexibility index (Phi) is 8.31. The summed E-state index contributed by atoms with van der Waals surface area (Å²) in [7, 11) is 0. The molecule has 116 valence electrons. The average Bonchev–Trinajstić information content (AvgIpc) is 2.80. The zero-order chi connectivity index (χ0) is 14.8. The number of hydrogen-bond donors (Lipinski definition) is 1. The summed E-state index contributed by atoms with van der Waals surface area (Å²) in [6, 6.07) is 0. The molecule has 4 nitrogen and oxygen atoms in total. The van der Waals surface area contributed by atoms with Crippen LogP contribution in [-0.4, -0.2) is 36.3 Å². The van der Waals surface area contributed by atoms with Gasteiger partial charge in [-0.1, -0.05) is 46.0 Å². The highest BCUT2D eigenvalue weighted by atomic mass is 16.2.